The molecule has 1 saturated heterocycles. The molecule has 1 aliphatic heterocycles. The van der Waals surface area contributed by atoms with Gasteiger partial charge in [-0.25, -0.2) is 4.79 Å². The van der Waals surface area contributed by atoms with E-state index in [1.807, 2.05) is 44.2 Å². The lowest BCUT2D eigenvalue weighted by molar-refractivity contribution is 0.00466. The summed E-state index contributed by atoms with van der Waals surface area (Å²) in [5.74, 6) is 0.255. The second-order valence-corrected chi connectivity index (χ2v) is 8.41. The smallest absolute Gasteiger partial charge is 0.340 e. The van der Waals surface area contributed by atoms with E-state index in [1.54, 1.807) is 6.92 Å². The topological polar surface area (TPSA) is 73.2 Å². The monoisotopic (exact) mass is 452 g/mol. The summed E-state index contributed by atoms with van der Waals surface area (Å²) in [6.07, 6.45) is -0.609. The molecule has 0 saturated carbocycles. The molecule has 2 aromatic carbocycles. The van der Waals surface area contributed by atoms with Gasteiger partial charge < -0.3 is 23.9 Å². The number of esters is 1. The van der Waals surface area contributed by atoms with Crippen LogP contribution in [0.5, 0.6) is 5.75 Å². The highest BCUT2D eigenvalue weighted by atomic mass is 16.5. The number of carbonyl (C=O) groups is 1. The van der Waals surface area contributed by atoms with Crippen molar-refractivity contribution in [2.24, 2.45) is 0 Å². The molecule has 1 fully saturated rings. The first-order valence-electron chi connectivity index (χ1n) is 11.5. The Kier molecular flexibility index (Phi) is 7.33. The third kappa shape index (κ3) is 5.21. The van der Waals surface area contributed by atoms with Crippen LogP contribution in [-0.4, -0.2) is 72.7 Å². The quantitative estimate of drug-likeness (QED) is 0.528. The van der Waals surface area contributed by atoms with Crippen molar-refractivity contribution in [2.45, 2.75) is 26.9 Å². The molecule has 1 aliphatic rings. The van der Waals surface area contributed by atoms with Crippen LogP contribution >= 0.6 is 0 Å². The molecular formula is C26H32N2O5. The van der Waals surface area contributed by atoms with Crippen molar-refractivity contribution in [1.82, 2.24) is 9.47 Å². The number of rotatable bonds is 8. The van der Waals surface area contributed by atoms with Gasteiger partial charge in [-0.15, -0.1) is 0 Å². The van der Waals surface area contributed by atoms with Crippen molar-refractivity contribution in [2.75, 3.05) is 46.1 Å². The Balaban J connectivity index is 1.61. The maximum atomic E-state index is 12.8. The third-order valence-corrected chi connectivity index (χ3v) is 5.96. The molecule has 2 heterocycles. The normalized spacial score (nSPS) is 15.5. The van der Waals surface area contributed by atoms with Crippen molar-refractivity contribution in [1.29, 1.82) is 0 Å². The van der Waals surface area contributed by atoms with Crippen molar-refractivity contribution in [3.63, 3.8) is 0 Å². The van der Waals surface area contributed by atoms with Gasteiger partial charge in [0.25, 0.3) is 0 Å². The lowest BCUT2D eigenvalue weighted by atomic mass is 10.1. The van der Waals surface area contributed by atoms with Crippen LogP contribution in [-0.2, 0) is 9.47 Å². The summed E-state index contributed by atoms with van der Waals surface area (Å²) in [5.41, 5.74) is 4.40. The summed E-state index contributed by atoms with van der Waals surface area (Å²) in [7, 11) is 0. The lowest BCUT2D eigenvalue weighted by Gasteiger charge is -2.28. The van der Waals surface area contributed by atoms with E-state index < -0.39 is 6.10 Å². The fourth-order valence-electron chi connectivity index (χ4n) is 4.30. The Hall–Kier alpha value is -2.87. The largest absolute Gasteiger partial charge is 0.491 e. The number of β-amino-alcohol motifs (C(OH)–C–C–N with tert-alkyl or cyclic N) is 1. The van der Waals surface area contributed by atoms with Gasteiger partial charge in [0, 0.05) is 36.4 Å². The van der Waals surface area contributed by atoms with Gasteiger partial charge >= 0.3 is 5.97 Å². The molecule has 4 rings (SSSR count). The van der Waals surface area contributed by atoms with Gasteiger partial charge in [-0.3, -0.25) is 4.90 Å². The average Bonchev–Trinajstić information content (AvgIpc) is 3.10. The van der Waals surface area contributed by atoms with Crippen molar-refractivity contribution in [3.8, 4) is 11.4 Å². The van der Waals surface area contributed by atoms with E-state index in [-0.39, 0.29) is 12.6 Å². The van der Waals surface area contributed by atoms with Crippen LogP contribution in [0.25, 0.3) is 16.6 Å². The minimum atomic E-state index is -0.609. The number of morpholine rings is 1. The number of carbonyl (C=O) groups excluding carboxylic acids is 1. The lowest BCUT2D eigenvalue weighted by Crippen LogP contribution is -2.42. The molecule has 1 unspecified atom stereocenters. The van der Waals surface area contributed by atoms with E-state index in [2.05, 4.69) is 21.6 Å². The van der Waals surface area contributed by atoms with Crippen LogP contribution in [0.1, 0.15) is 28.5 Å². The van der Waals surface area contributed by atoms with E-state index in [4.69, 9.17) is 14.2 Å². The minimum Gasteiger partial charge on any atom is -0.491 e. The van der Waals surface area contributed by atoms with Crippen molar-refractivity contribution >= 4 is 16.9 Å². The fourth-order valence-corrected chi connectivity index (χ4v) is 4.30. The second kappa shape index (κ2) is 10.4. The van der Waals surface area contributed by atoms with Gasteiger partial charge in [-0.2, -0.15) is 0 Å². The summed E-state index contributed by atoms with van der Waals surface area (Å²) in [6, 6.07) is 13.9. The summed E-state index contributed by atoms with van der Waals surface area (Å²) < 4.78 is 18.7. The number of aryl methyl sites for hydroxylation is 1. The number of ether oxygens (including phenoxy) is 3. The molecule has 0 amide bonds. The van der Waals surface area contributed by atoms with E-state index in [1.165, 1.54) is 5.56 Å². The van der Waals surface area contributed by atoms with E-state index >= 15 is 0 Å². The zero-order valence-corrected chi connectivity index (χ0v) is 19.5. The Bertz CT molecular complexity index is 1100. The van der Waals surface area contributed by atoms with E-state index in [9.17, 15) is 9.90 Å². The first-order valence-corrected chi connectivity index (χ1v) is 11.5. The van der Waals surface area contributed by atoms with Gasteiger partial charge in [0.2, 0.25) is 0 Å². The number of fused-ring (bicyclic) bond motifs is 1. The summed E-state index contributed by atoms with van der Waals surface area (Å²) in [6.45, 7) is 9.82. The summed E-state index contributed by atoms with van der Waals surface area (Å²) in [4.78, 5) is 15.0. The first kappa shape index (κ1) is 23.3. The molecule has 176 valence electrons. The Morgan fingerprint density at radius 3 is 2.55 bits per heavy atom. The zero-order valence-electron chi connectivity index (χ0n) is 19.5. The zero-order chi connectivity index (χ0) is 23.4. The molecular weight excluding hydrogens is 420 g/mol. The van der Waals surface area contributed by atoms with E-state index in [0.717, 1.165) is 35.4 Å². The standard InChI is InChI=1S/C26H32N2O5/c1-4-32-26(30)25-19(3)28(20-7-5-18(2)6-8-20)24-10-9-22(15-23(24)25)33-17-21(29)16-27-11-13-31-14-12-27/h5-10,15,21,29H,4,11-14,16-17H2,1-3H3. The number of hydrogen-bond donors (Lipinski definition) is 1. The molecule has 7 nitrogen and oxygen atoms in total. The van der Waals surface area contributed by atoms with Crippen LogP contribution in [0.15, 0.2) is 42.5 Å². The first-order chi connectivity index (χ1) is 16.0. The van der Waals surface area contributed by atoms with Crippen molar-refractivity contribution < 1.29 is 24.1 Å². The van der Waals surface area contributed by atoms with Gasteiger partial charge in [0.05, 0.1) is 30.9 Å². The molecule has 0 bridgehead atoms. The van der Waals surface area contributed by atoms with Crippen molar-refractivity contribution in [3.05, 3.63) is 59.3 Å². The molecule has 0 spiro atoms. The van der Waals surface area contributed by atoms with Crippen LogP contribution in [0, 0.1) is 13.8 Å². The Morgan fingerprint density at radius 2 is 1.85 bits per heavy atom. The highest BCUT2D eigenvalue weighted by Crippen LogP contribution is 2.32. The molecule has 1 aromatic heterocycles. The molecule has 1 atom stereocenters. The van der Waals surface area contributed by atoms with Gasteiger partial charge in [0.1, 0.15) is 18.5 Å². The average molecular weight is 453 g/mol. The number of benzene rings is 2. The van der Waals surface area contributed by atoms with E-state index in [0.29, 0.717) is 37.7 Å². The van der Waals surface area contributed by atoms with Crippen LogP contribution in [0.2, 0.25) is 0 Å². The predicted molar refractivity (Wildman–Crippen MR) is 127 cm³/mol. The number of aliphatic hydroxyl groups excluding tert-OH is 1. The third-order valence-electron chi connectivity index (χ3n) is 5.96. The number of aromatic nitrogens is 1. The Labute approximate surface area is 194 Å². The van der Waals surface area contributed by atoms with Crippen LogP contribution < -0.4 is 4.74 Å². The molecule has 7 heteroatoms. The highest BCUT2D eigenvalue weighted by molar-refractivity contribution is 6.07. The second-order valence-electron chi connectivity index (χ2n) is 8.41. The SMILES string of the molecule is CCOC(=O)c1c(C)n(-c2ccc(C)cc2)c2ccc(OCC(O)CN3CCOCC3)cc12. The molecule has 3 aromatic rings. The highest BCUT2D eigenvalue weighted by Gasteiger charge is 2.23. The predicted octanol–water partition coefficient (Wildman–Crippen LogP) is 3.50. The molecule has 1 N–H and O–H groups in total. The number of hydrogen-bond acceptors (Lipinski definition) is 6. The van der Waals surface area contributed by atoms with Gasteiger partial charge in [-0.05, 0) is 51.1 Å². The molecule has 0 radical (unpaired) electrons. The maximum absolute atomic E-state index is 12.8. The Morgan fingerprint density at radius 1 is 1.12 bits per heavy atom. The van der Waals surface area contributed by atoms with Gasteiger partial charge in [0.15, 0.2) is 0 Å². The number of aliphatic hydroxyl groups is 1. The van der Waals surface area contributed by atoms with Crippen LogP contribution in [0.4, 0.5) is 0 Å². The summed E-state index contributed by atoms with van der Waals surface area (Å²) in [5, 5.41) is 11.2. The maximum Gasteiger partial charge on any atom is 0.340 e. The summed E-state index contributed by atoms with van der Waals surface area (Å²) >= 11 is 0. The number of nitrogens with zero attached hydrogens (tertiary/aromatic N) is 2. The molecule has 33 heavy (non-hydrogen) atoms. The minimum absolute atomic E-state index is 0.176. The molecule has 0 aliphatic carbocycles. The van der Waals surface area contributed by atoms with Gasteiger partial charge in [-0.1, -0.05) is 17.7 Å². The fraction of sp³-hybridized carbons (Fsp3) is 0.423. The van der Waals surface area contributed by atoms with Crippen LogP contribution in [0.3, 0.4) is 0 Å².